The first-order valence-corrected chi connectivity index (χ1v) is 14.6. The number of hydrogen-bond donors (Lipinski definition) is 2. The Labute approximate surface area is 242 Å². The molecule has 1 atom stereocenters. The first-order chi connectivity index (χ1) is 19.4. The van der Waals surface area contributed by atoms with Gasteiger partial charge < -0.3 is 19.9 Å². The number of aliphatic hydroxyl groups is 1. The summed E-state index contributed by atoms with van der Waals surface area (Å²) in [6, 6.07) is 4.26. The quantitative estimate of drug-likeness (QED) is 0.350. The minimum atomic E-state index is -0.190. The van der Waals surface area contributed by atoms with Crippen LogP contribution in [0.2, 0.25) is 0 Å². The highest BCUT2D eigenvalue weighted by molar-refractivity contribution is 5.90. The smallest absolute Gasteiger partial charge is 0.237 e. The fourth-order valence-electron chi connectivity index (χ4n) is 6.04. The third-order valence-corrected chi connectivity index (χ3v) is 8.55. The molecule has 0 bridgehead atoms. The van der Waals surface area contributed by atoms with Gasteiger partial charge in [-0.15, -0.1) is 0 Å². The van der Waals surface area contributed by atoms with Crippen molar-refractivity contribution in [1.82, 2.24) is 34.4 Å². The molecular formula is C31H44N8O2. The number of amides is 1. The number of β-amino-alcohol motifs (C(OH)–C–C–N with tert-alkyl or cyclic N) is 1. The lowest BCUT2D eigenvalue weighted by Gasteiger charge is -2.42. The summed E-state index contributed by atoms with van der Waals surface area (Å²) in [5, 5.41) is 13.9. The number of rotatable bonds is 7. The molecule has 1 aliphatic rings. The van der Waals surface area contributed by atoms with Gasteiger partial charge in [0.25, 0.3) is 0 Å². The summed E-state index contributed by atoms with van der Waals surface area (Å²) in [6.07, 6.45) is 3.65. The molecule has 41 heavy (non-hydrogen) atoms. The maximum atomic E-state index is 13.3. The summed E-state index contributed by atoms with van der Waals surface area (Å²) in [5.74, 6) is 1.29. The Bertz CT molecular complexity index is 1560. The van der Waals surface area contributed by atoms with Crippen LogP contribution in [0, 0.1) is 13.8 Å². The molecule has 1 fully saturated rings. The molecule has 10 nitrogen and oxygen atoms in total. The predicted octanol–water partition coefficient (Wildman–Crippen LogP) is 4.14. The number of aliphatic hydroxyl groups excluding tert-OH is 1. The first kappa shape index (κ1) is 29.0. The number of aryl methyl sites for hydroxylation is 1. The molecule has 0 aromatic carbocycles. The van der Waals surface area contributed by atoms with Crippen LogP contribution in [0.15, 0.2) is 24.7 Å². The van der Waals surface area contributed by atoms with Crippen molar-refractivity contribution in [2.24, 2.45) is 0 Å². The lowest BCUT2D eigenvalue weighted by molar-refractivity contribution is -0.136. The number of fused-ring (bicyclic) bond motifs is 2. The van der Waals surface area contributed by atoms with E-state index < -0.39 is 0 Å². The van der Waals surface area contributed by atoms with Crippen LogP contribution in [0.4, 0.5) is 5.82 Å². The zero-order valence-corrected chi connectivity index (χ0v) is 25.7. The highest BCUT2D eigenvalue weighted by Gasteiger charge is 2.32. The normalized spacial score (nSPS) is 16.6. The third kappa shape index (κ3) is 5.42. The summed E-state index contributed by atoms with van der Waals surface area (Å²) in [7, 11) is 0. The van der Waals surface area contributed by atoms with Gasteiger partial charge in [-0.05, 0) is 70.7 Å². The maximum absolute atomic E-state index is 13.3. The first-order valence-electron chi connectivity index (χ1n) is 14.6. The summed E-state index contributed by atoms with van der Waals surface area (Å²) in [6.45, 7) is 19.9. The van der Waals surface area contributed by atoms with E-state index in [1.54, 1.807) is 6.33 Å². The van der Waals surface area contributed by atoms with Crippen molar-refractivity contribution >= 4 is 28.4 Å². The SMILES string of the molecule is Cc1c(-c2[nH]c3ccc(N4CCN(C(=O)CN(CCO)C(C)(C)C)[C@H](C)C4)nc3c2C(C)C)cn2ncnc2c1C. The molecule has 1 aliphatic heterocycles. The highest BCUT2D eigenvalue weighted by Crippen LogP contribution is 2.38. The van der Waals surface area contributed by atoms with E-state index >= 15 is 0 Å². The van der Waals surface area contributed by atoms with Crippen LogP contribution in [0.25, 0.3) is 27.9 Å². The van der Waals surface area contributed by atoms with E-state index in [0.29, 0.717) is 19.6 Å². The Morgan fingerprint density at radius 2 is 1.95 bits per heavy atom. The van der Waals surface area contributed by atoms with Crippen molar-refractivity contribution < 1.29 is 9.90 Å². The van der Waals surface area contributed by atoms with E-state index in [2.05, 4.69) is 93.7 Å². The summed E-state index contributed by atoms with van der Waals surface area (Å²) in [4.78, 5) is 32.9. The molecule has 10 heteroatoms. The Kier molecular flexibility index (Phi) is 7.82. The summed E-state index contributed by atoms with van der Waals surface area (Å²) in [5.41, 5.74) is 8.35. The number of carbonyl (C=O) groups is 1. The average Bonchev–Trinajstić information content (AvgIpc) is 3.54. The topological polar surface area (TPSA) is 106 Å². The van der Waals surface area contributed by atoms with Crippen molar-refractivity contribution in [3.8, 4) is 11.3 Å². The Hall–Kier alpha value is -3.50. The molecular weight excluding hydrogens is 516 g/mol. The molecule has 0 radical (unpaired) electrons. The lowest BCUT2D eigenvalue weighted by Crippen LogP contribution is -2.57. The van der Waals surface area contributed by atoms with Gasteiger partial charge in [-0.2, -0.15) is 5.10 Å². The van der Waals surface area contributed by atoms with Crippen LogP contribution in [0.1, 0.15) is 64.2 Å². The molecule has 1 saturated heterocycles. The van der Waals surface area contributed by atoms with E-state index in [9.17, 15) is 9.90 Å². The highest BCUT2D eigenvalue weighted by atomic mass is 16.3. The van der Waals surface area contributed by atoms with Crippen molar-refractivity contribution in [1.29, 1.82) is 0 Å². The van der Waals surface area contributed by atoms with Crippen molar-refractivity contribution in [2.75, 3.05) is 44.2 Å². The number of nitrogens with zero attached hydrogens (tertiary/aromatic N) is 7. The summed E-state index contributed by atoms with van der Waals surface area (Å²) >= 11 is 0. The predicted molar refractivity (Wildman–Crippen MR) is 163 cm³/mol. The number of carbonyl (C=O) groups excluding carboxylic acids is 1. The monoisotopic (exact) mass is 560 g/mol. The number of H-pyrrole nitrogens is 1. The van der Waals surface area contributed by atoms with Crippen LogP contribution in [-0.2, 0) is 4.79 Å². The zero-order chi connectivity index (χ0) is 29.6. The number of aromatic amines is 1. The Morgan fingerprint density at radius 1 is 1.20 bits per heavy atom. The second-order valence-electron chi connectivity index (χ2n) is 12.7. The fourth-order valence-corrected chi connectivity index (χ4v) is 6.04. The van der Waals surface area contributed by atoms with Crippen LogP contribution in [-0.4, -0.2) is 96.3 Å². The minimum absolute atomic E-state index is 0.0372. The third-order valence-electron chi connectivity index (χ3n) is 8.55. The van der Waals surface area contributed by atoms with E-state index in [0.717, 1.165) is 52.4 Å². The van der Waals surface area contributed by atoms with E-state index in [1.807, 2.05) is 14.3 Å². The number of hydrogen-bond acceptors (Lipinski definition) is 7. The standard InChI is InChI=1S/C31H44N8O2/c1-19(2)27-28(23-16-39-30(32-18-33-39)22(5)21(23)4)34-24-9-10-25(35-29(24)27)36-11-12-38(20(3)15-36)26(41)17-37(13-14-40)31(6,7)8/h9-10,16,18-20,34,40H,11-15,17H2,1-8H3/t20-/m1/s1. The van der Waals surface area contributed by atoms with E-state index in [1.165, 1.54) is 11.1 Å². The lowest BCUT2D eigenvalue weighted by atomic mass is 9.95. The van der Waals surface area contributed by atoms with Gasteiger partial charge in [-0.3, -0.25) is 9.69 Å². The Balaban J connectivity index is 1.42. The second-order valence-corrected chi connectivity index (χ2v) is 12.7. The van der Waals surface area contributed by atoms with Crippen molar-refractivity contribution in [3.63, 3.8) is 0 Å². The summed E-state index contributed by atoms with van der Waals surface area (Å²) < 4.78 is 1.85. The van der Waals surface area contributed by atoms with Gasteiger partial charge in [0.2, 0.25) is 5.91 Å². The molecule has 220 valence electrons. The minimum Gasteiger partial charge on any atom is -0.395 e. The number of piperazine rings is 1. The molecule has 5 heterocycles. The molecule has 0 aliphatic carbocycles. The van der Waals surface area contributed by atoms with E-state index in [4.69, 9.17) is 4.98 Å². The number of nitrogens with one attached hydrogen (secondary N) is 1. The Morgan fingerprint density at radius 3 is 2.61 bits per heavy atom. The largest absolute Gasteiger partial charge is 0.395 e. The van der Waals surface area contributed by atoms with E-state index in [-0.39, 0.29) is 30.0 Å². The van der Waals surface area contributed by atoms with Crippen LogP contribution >= 0.6 is 0 Å². The molecule has 1 amide bonds. The van der Waals surface area contributed by atoms with Crippen LogP contribution < -0.4 is 4.90 Å². The number of anilines is 1. The maximum Gasteiger partial charge on any atom is 0.237 e. The molecule has 5 rings (SSSR count). The van der Waals surface area contributed by atoms with Gasteiger partial charge in [0.15, 0.2) is 5.65 Å². The molecule has 0 saturated carbocycles. The zero-order valence-electron chi connectivity index (χ0n) is 25.7. The average molecular weight is 561 g/mol. The number of pyridine rings is 2. The van der Waals surface area contributed by atoms with Gasteiger partial charge in [0, 0.05) is 55.1 Å². The van der Waals surface area contributed by atoms with Crippen molar-refractivity contribution in [2.45, 2.75) is 72.9 Å². The van der Waals surface area contributed by atoms with Gasteiger partial charge in [0.05, 0.1) is 29.9 Å². The molecule has 4 aromatic heterocycles. The van der Waals surface area contributed by atoms with Gasteiger partial charge in [-0.1, -0.05) is 13.8 Å². The molecule has 0 unspecified atom stereocenters. The van der Waals surface area contributed by atoms with Crippen LogP contribution in [0.5, 0.6) is 0 Å². The van der Waals surface area contributed by atoms with Gasteiger partial charge in [-0.25, -0.2) is 14.5 Å². The van der Waals surface area contributed by atoms with Gasteiger partial charge >= 0.3 is 0 Å². The molecule has 4 aromatic rings. The second kappa shape index (κ2) is 11.1. The van der Waals surface area contributed by atoms with Crippen LogP contribution in [0.3, 0.4) is 0 Å². The molecule has 0 spiro atoms. The van der Waals surface area contributed by atoms with Crippen molar-refractivity contribution in [3.05, 3.63) is 41.3 Å². The van der Waals surface area contributed by atoms with Gasteiger partial charge in [0.1, 0.15) is 12.1 Å². The molecule has 2 N–H and O–H groups in total. The fraction of sp³-hybridized carbons (Fsp3) is 0.548. The number of aromatic nitrogens is 5.